The summed E-state index contributed by atoms with van der Waals surface area (Å²) in [5.74, 6) is 0.242. The minimum atomic E-state index is -4.41. The molecule has 1 aromatic rings. The van der Waals surface area contributed by atoms with Crippen LogP contribution in [0.15, 0.2) is 10.4 Å². The van der Waals surface area contributed by atoms with E-state index in [0.717, 1.165) is 36.2 Å². The first kappa shape index (κ1) is 20.4. The molecule has 0 saturated carbocycles. The summed E-state index contributed by atoms with van der Waals surface area (Å²) in [6.07, 6.45) is -2.11. The number of thiazole rings is 1. The number of rotatable bonds is 5. The lowest BCUT2D eigenvalue weighted by Crippen LogP contribution is -2.42. The summed E-state index contributed by atoms with van der Waals surface area (Å²) in [4.78, 5) is 9.93. The van der Waals surface area contributed by atoms with Gasteiger partial charge in [0.25, 0.3) is 0 Å². The van der Waals surface area contributed by atoms with Gasteiger partial charge >= 0.3 is 6.18 Å². The van der Waals surface area contributed by atoms with E-state index >= 15 is 0 Å². The van der Waals surface area contributed by atoms with Gasteiger partial charge in [-0.15, -0.1) is 35.3 Å². The summed E-state index contributed by atoms with van der Waals surface area (Å²) in [7, 11) is 0. The third-order valence-corrected chi connectivity index (χ3v) is 4.48. The van der Waals surface area contributed by atoms with Crippen LogP contribution in [0.1, 0.15) is 30.5 Å². The highest BCUT2D eigenvalue weighted by atomic mass is 127. The number of guanidine groups is 1. The van der Waals surface area contributed by atoms with Crippen molar-refractivity contribution >= 4 is 41.3 Å². The Balaban J connectivity index is 0.00000264. The van der Waals surface area contributed by atoms with Gasteiger partial charge in [-0.3, -0.25) is 4.90 Å². The number of likely N-dealkylation sites (N-methyl/N-ethyl adjacent to an activating group) is 1. The number of halogens is 4. The lowest BCUT2D eigenvalue weighted by molar-refractivity contribution is -0.140. The van der Waals surface area contributed by atoms with Crippen LogP contribution >= 0.6 is 35.3 Å². The summed E-state index contributed by atoms with van der Waals surface area (Å²) in [5.41, 5.74) is 4.88. The van der Waals surface area contributed by atoms with Crippen LogP contribution in [0.5, 0.6) is 0 Å². The Kier molecular flexibility index (Phi) is 8.01. The molecule has 0 bridgehead atoms. The van der Waals surface area contributed by atoms with E-state index in [1.54, 1.807) is 0 Å². The molecule has 1 atom stereocenters. The number of aliphatic imine (C=N–C) groups is 1. The summed E-state index contributed by atoms with van der Waals surface area (Å²) < 4.78 is 37.3. The Labute approximate surface area is 154 Å². The van der Waals surface area contributed by atoms with Crippen LogP contribution in [0.25, 0.3) is 0 Å². The summed E-state index contributed by atoms with van der Waals surface area (Å²) in [6, 6.07) is 0.440. The van der Waals surface area contributed by atoms with Gasteiger partial charge in [0.2, 0.25) is 0 Å². The first-order valence-electron chi connectivity index (χ1n) is 7.19. The van der Waals surface area contributed by atoms with Crippen molar-refractivity contribution in [2.45, 2.75) is 38.5 Å². The molecule has 3 N–H and O–H groups in total. The Morgan fingerprint density at radius 3 is 2.91 bits per heavy atom. The van der Waals surface area contributed by atoms with Gasteiger partial charge in [0, 0.05) is 18.0 Å². The van der Waals surface area contributed by atoms with Crippen molar-refractivity contribution in [2.24, 2.45) is 10.7 Å². The quantitative estimate of drug-likeness (QED) is 0.401. The molecule has 2 rings (SSSR count). The first-order valence-corrected chi connectivity index (χ1v) is 8.07. The molecular weight excluding hydrogens is 442 g/mol. The number of hydrogen-bond donors (Lipinski definition) is 2. The van der Waals surface area contributed by atoms with E-state index in [1.165, 1.54) is 6.42 Å². The van der Waals surface area contributed by atoms with E-state index in [1.807, 2.05) is 0 Å². The minimum absolute atomic E-state index is 0. The zero-order valence-corrected chi connectivity index (χ0v) is 15.9. The van der Waals surface area contributed by atoms with Crippen molar-refractivity contribution in [1.82, 2.24) is 15.2 Å². The number of alkyl halides is 3. The lowest BCUT2D eigenvalue weighted by Gasteiger charge is -2.23. The number of likely N-dealkylation sites (tertiary alicyclic amines) is 1. The molecule has 0 amide bonds. The second kappa shape index (κ2) is 9.02. The predicted octanol–water partition coefficient (Wildman–Crippen LogP) is 2.67. The maximum Gasteiger partial charge on any atom is 0.434 e. The fraction of sp³-hybridized carbons (Fsp3) is 0.692. The Hall–Kier alpha value is -0.620. The molecular formula is C13H21F3IN5S. The van der Waals surface area contributed by atoms with E-state index in [9.17, 15) is 13.2 Å². The van der Waals surface area contributed by atoms with Gasteiger partial charge < -0.3 is 11.1 Å². The standard InChI is InChI=1S/C13H20F3N5S.HI/c1-2-21-5-3-4-9(21)6-18-12(17)19-7-11-20-10(8-22-11)13(14,15)16;/h8-9H,2-7H2,1H3,(H3,17,18,19);1H. The predicted molar refractivity (Wildman–Crippen MR) is 96.1 cm³/mol. The van der Waals surface area contributed by atoms with Crippen molar-refractivity contribution in [2.75, 3.05) is 19.6 Å². The SMILES string of the molecule is CCN1CCCC1CNC(N)=NCc1nc(C(F)(F)F)cs1.I. The van der Waals surface area contributed by atoms with Gasteiger partial charge in [-0.25, -0.2) is 9.98 Å². The molecule has 1 aromatic heterocycles. The van der Waals surface area contributed by atoms with Gasteiger partial charge in [0.1, 0.15) is 5.01 Å². The van der Waals surface area contributed by atoms with E-state index in [0.29, 0.717) is 17.6 Å². The number of nitrogens with two attached hydrogens (primary N) is 1. The zero-order chi connectivity index (χ0) is 16.2. The van der Waals surface area contributed by atoms with Crippen LogP contribution in [-0.4, -0.2) is 41.5 Å². The Bertz CT molecular complexity index is 520. The van der Waals surface area contributed by atoms with Crippen LogP contribution < -0.4 is 11.1 Å². The molecule has 1 aliphatic heterocycles. The van der Waals surface area contributed by atoms with Gasteiger partial charge in [-0.2, -0.15) is 13.2 Å². The van der Waals surface area contributed by atoms with Crippen molar-refractivity contribution < 1.29 is 13.2 Å². The van der Waals surface area contributed by atoms with Gasteiger partial charge in [-0.1, -0.05) is 6.92 Å². The van der Waals surface area contributed by atoms with E-state index < -0.39 is 11.9 Å². The van der Waals surface area contributed by atoms with Crippen LogP contribution in [-0.2, 0) is 12.7 Å². The number of hydrogen-bond acceptors (Lipinski definition) is 4. The molecule has 2 heterocycles. The molecule has 132 valence electrons. The van der Waals surface area contributed by atoms with Gasteiger partial charge in [0.05, 0.1) is 6.54 Å². The van der Waals surface area contributed by atoms with Crippen LogP contribution in [0.2, 0.25) is 0 Å². The number of nitrogens with zero attached hydrogens (tertiary/aromatic N) is 3. The fourth-order valence-corrected chi connectivity index (χ4v) is 3.21. The maximum atomic E-state index is 12.4. The van der Waals surface area contributed by atoms with Crippen LogP contribution in [0.4, 0.5) is 13.2 Å². The summed E-state index contributed by atoms with van der Waals surface area (Å²) in [6.45, 7) is 4.98. The highest BCUT2D eigenvalue weighted by Crippen LogP contribution is 2.30. The van der Waals surface area contributed by atoms with E-state index in [2.05, 4.69) is 27.1 Å². The van der Waals surface area contributed by atoms with Crippen molar-refractivity contribution in [3.05, 3.63) is 16.1 Å². The third kappa shape index (κ3) is 6.07. The Morgan fingerprint density at radius 1 is 1.57 bits per heavy atom. The molecule has 0 radical (unpaired) electrons. The van der Waals surface area contributed by atoms with Gasteiger partial charge in [-0.05, 0) is 25.9 Å². The molecule has 23 heavy (non-hydrogen) atoms. The first-order chi connectivity index (χ1) is 10.4. The molecule has 1 fully saturated rings. The largest absolute Gasteiger partial charge is 0.434 e. The average molecular weight is 463 g/mol. The van der Waals surface area contributed by atoms with E-state index in [4.69, 9.17) is 5.73 Å². The summed E-state index contributed by atoms with van der Waals surface area (Å²) in [5, 5.41) is 4.33. The molecule has 10 heteroatoms. The molecule has 1 unspecified atom stereocenters. The molecule has 1 aliphatic rings. The van der Waals surface area contributed by atoms with Gasteiger partial charge in [0.15, 0.2) is 11.7 Å². The minimum Gasteiger partial charge on any atom is -0.370 e. The van der Waals surface area contributed by atoms with Crippen molar-refractivity contribution in [1.29, 1.82) is 0 Å². The fourth-order valence-electron chi connectivity index (χ4n) is 2.49. The van der Waals surface area contributed by atoms with Crippen LogP contribution in [0.3, 0.4) is 0 Å². The number of nitrogens with one attached hydrogen (secondary N) is 1. The lowest BCUT2D eigenvalue weighted by atomic mass is 10.2. The zero-order valence-electron chi connectivity index (χ0n) is 12.8. The molecule has 5 nitrogen and oxygen atoms in total. The second-order valence-electron chi connectivity index (χ2n) is 5.13. The van der Waals surface area contributed by atoms with Crippen LogP contribution in [0, 0.1) is 0 Å². The topological polar surface area (TPSA) is 66.5 Å². The normalized spacial score (nSPS) is 19.7. The molecule has 0 aromatic carbocycles. The van der Waals surface area contributed by atoms with Crippen molar-refractivity contribution in [3.8, 4) is 0 Å². The van der Waals surface area contributed by atoms with E-state index in [-0.39, 0.29) is 36.5 Å². The Morgan fingerprint density at radius 2 is 2.30 bits per heavy atom. The highest BCUT2D eigenvalue weighted by molar-refractivity contribution is 14.0. The molecule has 1 saturated heterocycles. The highest BCUT2D eigenvalue weighted by Gasteiger charge is 2.33. The molecule has 0 aliphatic carbocycles. The van der Waals surface area contributed by atoms with Crippen molar-refractivity contribution in [3.63, 3.8) is 0 Å². The maximum absolute atomic E-state index is 12.4. The number of aromatic nitrogens is 1. The smallest absolute Gasteiger partial charge is 0.370 e. The average Bonchev–Trinajstić information content (AvgIpc) is 3.10. The monoisotopic (exact) mass is 463 g/mol. The third-order valence-electron chi connectivity index (χ3n) is 3.65. The molecule has 0 spiro atoms. The summed E-state index contributed by atoms with van der Waals surface area (Å²) >= 11 is 0.936. The second-order valence-corrected chi connectivity index (χ2v) is 6.07.